The predicted octanol–water partition coefficient (Wildman–Crippen LogP) is -4.27. The molecular formula is C18H24N4O11S. The molecular weight excluding hydrogens is 480 g/mol. The van der Waals surface area contributed by atoms with Gasteiger partial charge in [0, 0.05) is 18.5 Å². The molecule has 0 bridgehead atoms. The Morgan fingerprint density at radius 3 is 2.06 bits per heavy atom. The van der Waals surface area contributed by atoms with Crippen LogP contribution < -0.4 is 16.8 Å². The van der Waals surface area contributed by atoms with Gasteiger partial charge in [-0.05, 0) is 12.2 Å². The molecule has 4 heterocycles. The van der Waals surface area contributed by atoms with Crippen LogP contribution in [0.25, 0.3) is 0 Å². The third-order valence-electron chi connectivity index (χ3n) is 5.34. The van der Waals surface area contributed by atoms with E-state index < -0.39 is 79.0 Å². The van der Waals surface area contributed by atoms with Gasteiger partial charge in [-0.1, -0.05) is 0 Å². The fraction of sp³-hybridized carbons (Fsp3) is 0.556. The Kier molecular flexibility index (Phi) is 8.29. The molecule has 9 N–H and O–H groups in total. The molecule has 0 amide bonds. The number of hydrogen-bond acceptors (Lipinski definition) is 12. The lowest BCUT2D eigenvalue weighted by molar-refractivity contribution is -0.0550. The minimum atomic E-state index is -1.35. The van der Waals surface area contributed by atoms with E-state index in [1.165, 1.54) is 6.20 Å². The molecule has 0 unspecified atom stereocenters. The average Bonchev–Trinajstić information content (AvgIpc) is 3.24. The lowest BCUT2D eigenvalue weighted by atomic mass is 10.0. The van der Waals surface area contributed by atoms with Crippen LogP contribution in [0, 0.1) is 4.77 Å². The normalized spacial score (nSPS) is 32.9. The molecule has 0 aromatic carbocycles. The van der Waals surface area contributed by atoms with E-state index in [1.807, 2.05) is 4.98 Å². The summed E-state index contributed by atoms with van der Waals surface area (Å²) >= 11 is 4.73. The number of aliphatic hydroxyl groups is 6. The molecule has 2 saturated heterocycles. The van der Waals surface area contributed by atoms with Gasteiger partial charge in [0.2, 0.25) is 0 Å². The van der Waals surface area contributed by atoms with E-state index in [0.717, 1.165) is 16.8 Å². The van der Waals surface area contributed by atoms with Crippen molar-refractivity contribution in [2.75, 3.05) is 13.2 Å². The quantitative estimate of drug-likeness (QED) is 0.180. The van der Waals surface area contributed by atoms with Gasteiger partial charge in [-0.3, -0.25) is 24.1 Å². The van der Waals surface area contributed by atoms with E-state index in [0.29, 0.717) is 0 Å². The zero-order valence-electron chi connectivity index (χ0n) is 17.3. The van der Waals surface area contributed by atoms with Gasteiger partial charge in [-0.25, -0.2) is 4.79 Å². The number of aromatic amines is 3. The Morgan fingerprint density at radius 1 is 0.912 bits per heavy atom. The molecule has 2 aromatic heterocycles. The molecule has 4 rings (SSSR count). The van der Waals surface area contributed by atoms with Gasteiger partial charge in [0.25, 0.3) is 11.1 Å². The molecule has 2 aliphatic heterocycles. The lowest BCUT2D eigenvalue weighted by Crippen LogP contribution is -2.37. The number of aliphatic hydroxyl groups excluding tert-OH is 6. The summed E-state index contributed by atoms with van der Waals surface area (Å²) in [5, 5.41) is 56.3. The summed E-state index contributed by atoms with van der Waals surface area (Å²) in [6, 6.07) is 1.09. The van der Waals surface area contributed by atoms with Gasteiger partial charge in [-0.15, -0.1) is 0 Å². The topological polar surface area (TPSA) is 243 Å². The predicted molar refractivity (Wildman–Crippen MR) is 113 cm³/mol. The fourth-order valence-electron chi connectivity index (χ4n) is 3.53. The van der Waals surface area contributed by atoms with Crippen molar-refractivity contribution in [2.24, 2.45) is 0 Å². The maximum absolute atomic E-state index is 11.6. The highest BCUT2D eigenvalue weighted by Crippen LogP contribution is 2.31. The Labute approximate surface area is 194 Å². The maximum Gasteiger partial charge on any atom is 0.330 e. The minimum absolute atomic E-state index is 0.126. The zero-order valence-corrected chi connectivity index (χ0v) is 18.2. The first kappa shape index (κ1) is 26.1. The van der Waals surface area contributed by atoms with E-state index in [-0.39, 0.29) is 10.3 Å². The van der Waals surface area contributed by atoms with Crippen LogP contribution in [0.1, 0.15) is 17.9 Å². The van der Waals surface area contributed by atoms with Gasteiger partial charge < -0.3 is 45.1 Å². The Hall–Kier alpha value is -2.54. The largest absolute Gasteiger partial charge is 0.394 e. The van der Waals surface area contributed by atoms with E-state index in [1.54, 1.807) is 0 Å². The Bertz CT molecular complexity index is 1120. The second-order valence-corrected chi connectivity index (χ2v) is 7.94. The minimum Gasteiger partial charge on any atom is -0.394 e. The highest BCUT2D eigenvalue weighted by molar-refractivity contribution is 7.71. The lowest BCUT2D eigenvalue weighted by Gasteiger charge is -2.16. The Morgan fingerprint density at radius 2 is 1.53 bits per heavy atom. The molecule has 8 atom stereocenters. The number of rotatable bonds is 4. The van der Waals surface area contributed by atoms with Crippen molar-refractivity contribution in [1.82, 2.24) is 19.5 Å². The molecule has 34 heavy (non-hydrogen) atoms. The monoisotopic (exact) mass is 504 g/mol. The van der Waals surface area contributed by atoms with Gasteiger partial charge in [-0.2, -0.15) is 0 Å². The van der Waals surface area contributed by atoms with Gasteiger partial charge >= 0.3 is 5.69 Å². The molecule has 2 aromatic rings. The fourth-order valence-corrected chi connectivity index (χ4v) is 3.68. The van der Waals surface area contributed by atoms with Crippen LogP contribution >= 0.6 is 12.2 Å². The average molecular weight is 504 g/mol. The van der Waals surface area contributed by atoms with Gasteiger partial charge in [0.05, 0.1) is 18.8 Å². The van der Waals surface area contributed by atoms with Crippen LogP contribution in [-0.2, 0) is 9.47 Å². The molecule has 0 aliphatic carbocycles. The highest BCUT2D eigenvalue weighted by atomic mass is 32.1. The summed E-state index contributed by atoms with van der Waals surface area (Å²) < 4.78 is 11.5. The van der Waals surface area contributed by atoms with Crippen molar-refractivity contribution in [1.29, 1.82) is 0 Å². The first-order chi connectivity index (χ1) is 16.1. The van der Waals surface area contributed by atoms with E-state index >= 15 is 0 Å². The van der Waals surface area contributed by atoms with Crippen LogP contribution in [0.4, 0.5) is 0 Å². The van der Waals surface area contributed by atoms with Crippen molar-refractivity contribution >= 4 is 12.2 Å². The molecule has 16 heteroatoms. The number of nitrogens with zero attached hydrogens (tertiary/aromatic N) is 1. The summed E-state index contributed by atoms with van der Waals surface area (Å²) in [6.07, 6.45) is -6.65. The summed E-state index contributed by atoms with van der Waals surface area (Å²) in [7, 11) is 0. The molecule has 2 aliphatic rings. The van der Waals surface area contributed by atoms with Crippen molar-refractivity contribution in [3.05, 3.63) is 60.0 Å². The third kappa shape index (κ3) is 5.24. The molecule has 0 spiro atoms. The van der Waals surface area contributed by atoms with E-state index in [2.05, 4.69) is 9.97 Å². The second kappa shape index (κ2) is 10.8. The Balaban J connectivity index is 0.000000191. The summed E-state index contributed by atoms with van der Waals surface area (Å²) in [6.45, 7) is -0.914. The zero-order chi connectivity index (χ0) is 25.2. The van der Waals surface area contributed by atoms with Crippen molar-refractivity contribution < 1.29 is 40.1 Å². The van der Waals surface area contributed by atoms with E-state index in [4.69, 9.17) is 31.9 Å². The van der Waals surface area contributed by atoms with Gasteiger partial charge in [0.15, 0.2) is 11.0 Å². The summed E-state index contributed by atoms with van der Waals surface area (Å²) in [4.78, 5) is 40.9. The number of ether oxygens (including phenoxy) is 2. The summed E-state index contributed by atoms with van der Waals surface area (Å²) in [5.74, 6) is 0. The number of nitrogens with one attached hydrogen (secondary N) is 3. The maximum atomic E-state index is 11.6. The summed E-state index contributed by atoms with van der Waals surface area (Å²) in [5.41, 5.74) is -1.70. The van der Waals surface area contributed by atoms with Crippen LogP contribution in [0.3, 0.4) is 0 Å². The van der Waals surface area contributed by atoms with Crippen LogP contribution in [-0.4, -0.2) is 100.0 Å². The number of aromatic nitrogens is 4. The highest BCUT2D eigenvalue weighted by Gasteiger charge is 2.44. The van der Waals surface area contributed by atoms with Crippen LogP contribution in [0.5, 0.6) is 0 Å². The SMILES string of the molecule is O=c1[nH]c(=S)[nH]cc1[C@@H]1O[C@H](CO)[C@@H](O)[C@H]1O.O=c1ccn([C@@H]2O[C@H](CO)[C@@H](O)[C@H]2O)c(=O)[nH]1. The van der Waals surface area contributed by atoms with Crippen molar-refractivity contribution in [3.8, 4) is 0 Å². The number of hydrogen-bond donors (Lipinski definition) is 9. The van der Waals surface area contributed by atoms with Crippen LogP contribution in [0.15, 0.2) is 32.8 Å². The van der Waals surface area contributed by atoms with Crippen molar-refractivity contribution in [3.63, 3.8) is 0 Å². The first-order valence-electron chi connectivity index (χ1n) is 9.97. The van der Waals surface area contributed by atoms with Crippen molar-refractivity contribution in [2.45, 2.75) is 49.0 Å². The van der Waals surface area contributed by atoms with Crippen LogP contribution in [0.2, 0.25) is 0 Å². The first-order valence-corrected chi connectivity index (χ1v) is 10.4. The molecule has 0 saturated carbocycles. The molecule has 188 valence electrons. The van der Waals surface area contributed by atoms with E-state index in [9.17, 15) is 34.8 Å². The number of H-pyrrole nitrogens is 3. The molecule has 15 nitrogen and oxygen atoms in total. The third-order valence-corrected chi connectivity index (χ3v) is 5.56. The molecule has 2 fully saturated rings. The van der Waals surface area contributed by atoms with Gasteiger partial charge in [0.1, 0.15) is 42.7 Å². The molecule has 0 radical (unpaired) electrons. The second-order valence-electron chi connectivity index (χ2n) is 7.53. The smallest absolute Gasteiger partial charge is 0.330 e. The standard InChI is InChI=1S/C9H12N2O6.C9H12N2O5S/c12-3-4-6(14)7(15)8(17-4)11-2-1-5(13)10-9(11)16;12-2-4-5(13)6(14)7(16-4)3-1-10-9(17)11-8(3)15/h1-2,4,6-8,12,14-15H,3H2,(H,10,13,16);1,4-7,12-14H,2H2,(H2,10,11,15,17)/t4-,6-,7-,8-;4-,5-,6-,7+/m11/s1.